The van der Waals surface area contributed by atoms with Crippen LogP contribution in [0.25, 0.3) is 5.69 Å². The third kappa shape index (κ3) is 2.89. The highest BCUT2D eigenvalue weighted by Crippen LogP contribution is 2.25. The molecule has 0 aliphatic heterocycles. The Labute approximate surface area is 130 Å². The number of nitrogens with zero attached hydrogens (tertiary/aromatic N) is 2. The van der Waals surface area contributed by atoms with Gasteiger partial charge in [-0.05, 0) is 30.3 Å². The second-order valence-corrected chi connectivity index (χ2v) is 5.61. The minimum absolute atomic E-state index is 0.321. The zero-order valence-corrected chi connectivity index (χ0v) is 12.7. The van der Waals surface area contributed by atoms with Crippen molar-refractivity contribution in [2.75, 3.05) is 0 Å². The molecule has 1 atom stereocenters. The largest absolute Gasteiger partial charge is 0.320 e. The van der Waals surface area contributed by atoms with Crippen LogP contribution in [0, 0.1) is 5.82 Å². The summed E-state index contributed by atoms with van der Waals surface area (Å²) >= 11 is 3.34. The smallest absolute Gasteiger partial charge is 0.128 e. The number of para-hydroxylation sites is 1. The highest BCUT2D eigenvalue weighted by atomic mass is 79.9. The summed E-state index contributed by atoms with van der Waals surface area (Å²) < 4.78 is 16.4. The molecule has 1 aromatic heterocycles. The van der Waals surface area contributed by atoms with E-state index in [4.69, 9.17) is 5.73 Å². The first-order chi connectivity index (χ1) is 10.1. The fourth-order valence-electron chi connectivity index (χ4n) is 2.15. The molecule has 21 heavy (non-hydrogen) atoms. The number of halogens is 2. The molecule has 5 heteroatoms. The zero-order valence-electron chi connectivity index (χ0n) is 11.1. The number of nitrogens with two attached hydrogens (primary N) is 1. The third-order valence-corrected chi connectivity index (χ3v) is 3.77. The molecule has 0 fully saturated rings. The normalized spacial score (nSPS) is 12.3. The van der Waals surface area contributed by atoms with Crippen molar-refractivity contribution in [3.05, 3.63) is 82.3 Å². The van der Waals surface area contributed by atoms with Gasteiger partial charge in [0.2, 0.25) is 0 Å². The van der Waals surface area contributed by atoms with Crippen molar-refractivity contribution in [3.8, 4) is 5.69 Å². The number of aromatic nitrogens is 2. The number of benzene rings is 2. The van der Waals surface area contributed by atoms with Gasteiger partial charge in [-0.2, -0.15) is 5.10 Å². The Hall–Kier alpha value is -1.98. The van der Waals surface area contributed by atoms with E-state index in [1.165, 1.54) is 6.07 Å². The second kappa shape index (κ2) is 5.79. The Morgan fingerprint density at radius 2 is 1.90 bits per heavy atom. The maximum Gasteiger partial charge on any atom is 0.128 e. The monoisotopic (exact) mass is 345 g/mol. The van der Waals surface area contributed by atoms with Gasteiger partial charge < -0.3 is 5.73 Å². The van der Waals surface area contributed by atoms with E-state index in [1.54, 1.807) is 23.0 Å². The van der Waals surface area contributed by atoms with Gasteiger partial charge in [0.1, 0.15) is 5.82 Å². The average Bonchev–Trinajstić information content (AvgIpc) is 3.00. The fraction of sp³-hybridized carbons (Fsp3) is 0.0625. The summed E-state index contributed by atoms with van der Waals surface area (Å²) in [5.41, 5.74) is 8.30. The third-order valence-electron chi connectivity index (χ3n) is 3.28. The van der Waals surface area contributed by atoms with Gasteiger partial charge in [-0.1, -0.05) is 34.1 Å². The van der Waals surface area contributed by atoms with E-state index >= 15 is 0 Å². The molecule has 0 aliphatic rings. The lowest BCUT2D eigenvalue weighted by atomic mass is 10.0. The molecule has 2 N–H and O–H groups in total. The minimum atomic E-state index is -0.556. The van der Waals surface area contributed by atoms with Crippen LogP contribution in [0.4, 0.5) is 4.39 Å². The van der Waals surface area contributed by atoms with Crippen molar-refractivity contribution in [1.82, 2.24) is 9.78 Å². The van der Waals surface area contributed by atoms with Crippen molar-refractivity contribution >= 4 is 15.9 Å². The van der Waals surface area contributed by atoms with Crippen LogP contribution >= 0.6 is 15.9 Å². The predicted octanol–water partition coefficient (Wildman–Crippen LogP) is 3.82. The van der Waals surface area contributed by atoms with Crippen molar-refractivity contribution in [1.29, 1.82) is 0 Å². The summed E-state index contributed by atoms with van der Waals surface area (Å²) in [7, 11) is 0. The van der Waals surface area contributed by atoms with Crippen molar-refractivity contribution in [2.24, 2.45) is 5.73 Å². The van der Waals surface area contributed by atoms with Crippen molar-refractivity contribution in [2.45, 2.75) is 6.04 Å². The molecular weight excluding hydrogens is 333 g/mol. The second-order valence-electron chi connectivity index (χ2n) is 4.70. The highest BCUT2D eigenvalue weighted by molar-refractivity contribution is 9.10. The van der Waals surface area contributed by atoms with E-state index in [-0.39, 0.29) is 5.82 Å². The molecule has 0 saturated heterocycles. The number of hydrogen-bond acceptors (Lipinski definition) is 2. The van der Waals surface area contributed by atoms with Crippen LogP contribution in [0.5, 0.6) is 0 Å². The Kier molecular flexibility index (Phi) is 3.86. The first-order valence-corrected chi connectivity index (χ1v) is 7.25. The Morgan fingerprint density at radius 3 is 2.67 bits per heavy atom. The molecule has 3 nitrogen and oxygen atoms in total. The molecule has 0 bridgehead atoms. The molecule has 0 aliphatic carbocycles. The molecular formula is C16H13BrFN3. The Balaban J connectivity index is 1.94. The number of rotatable bonds is 3. The molecule has 2 aromatic carbocycles. The quantitative estimate of drug-likeness (QED) is 0.784. The van der Waals surface area contributed by atoms with Crippen molar-refractivity contribution < 1.29 is 4.39 Å². The van der Waals surface area contributed by atoms with E-state index in [1.807, 2.05) is 36.5 Å². The first-order valence-electron chi connectivity index (χ1n) is 6.45. The van der Waals surface area contributed by atoms with Gasteiger partial charge in [-0.3, -0.25) is 0 Å². The van der Waals surface area contributed by atoms with E-state index < -0.39 is 6.04 Å². The van der Waals surface area contributed by atoms with Crippen LogP contribution in [0.2, 0.25) is 0 Å². The van der Waals surface area contributed by atoms with Crippen molar-refractivity contribution in [3.63, 3.8) is 0 Å². The molecule has 0 radical (unpaired) electrons. The lowest BCUT2D eigenvalue weighted by molar-refractivity contribution is 0.599. The van der Waals surface area contributed by atoms with Crippen LogP contribution in [0.3, 0.4) is 0 Å². The number of hydrogen-bond donors (Lipinski definition) is 1. The van der Waals surface area contributed by atoms with Gasteiger partial charge in [0.15, 0.2) is 0 Å². The molecule has 1 unspecified atom stereocenters. The van der Waals surface area contributed by atoms with Crippen LogP contribution < -0.4 is 5.73 Å². The fourth-order valence-corrected chi connectivity index (χ4v) is 2.53. The highest BCUT2D eigenvalue weighted by Gasteiger charge is 2.16. The summed E-state index contributed by atoms with van der Waals surface area (Å²) in [5.74, 6) is -0.321. The summed E-state index contributed by atoms with van der Waals surface area (Å²) in [6.45, 7) is 0. The summed E-state index contributed by atoms with van der Waals surface area (Å²) in [4.78, 5) is 0. The SMILES string of the molecule is NC(c1cnn(-c2ccccc2)c1)c1cc(Br)ccc1F. The van der Waals surface area contributed by atoms with Gasteiger partial charge in [0.25, 0.3) is 0 Å². The molecule has 106 valence electrons. The van der Waals surface area contributed by atoms with Gasteiger partial charge in [-0.25, -0.2) is 9.07 Å². The molecule has 3 rings (SSSR count). The molecule has 1 heterocycles. The Bertz CT molecular complexity index is 755. The molecule has 3 aromatic rings. The Morgan fingerprint density at radius 1 is 1.14 bits per heavy atom. The average molecular weight is 346 g/mol. The van der Waals surface area contributed by atoms with Gasteiger partial charge in [-0.15, -0.1) is 0 Å². The van der Waals surface area contributed by atoms with E-state index in [0.29, 0.717) is 5.56 Å². The van der Waals surface area contributed by atoms with Crippen LogP contribution in [-0.4, -0.2) is 9.78 Å². The van der Waals surface area contributed by atoms with Crippen LogP contribution in [-0.2, 0) is 0 Å². The predicted molar refractivity (Wildman–Crippen MR) is 83.7 cm³/mol. The van der Waals surface area contributed by atoms with E-state index in [2.05, 4.69) is 21.0 Å². The maximum atomic E-state index is 13.9. The van der Waals surface area contributed by atoms with Gasteiger partial charge in [0, 0.05) is 21.8 Å². The first kappa shape index (κ1) is 14.0. The standard InChI is InChI=1S/C16H13BrFN3/c17-12-6-7-15(18)14(8-12)16(19)11-9-20-21(10-11)13-4-2-1-3-5-13/h1-10,16H,19H2. The van der Waals surface area contributed by atoms with E-state index in [0.717, 1.165) is 15.7 Å². The van der Waals surface area contributed by atoms with E-state index in [9.17, 15) is 4.39 Å². The zero-order chi connectivity index (χ0) is 14.8. The molecule has 0 amide bonds. The maximum absolute atomic E-state index is 13.9. The summed E-state index contributed by atoms with van der Waals surface area (Å²) in [6, 6.07) is 13.9. The summed E-state index contributed by atoms with van der Waals surface area (Å²) in [6.07, 6.45) is 3.48. The lowest BCUT2D eigenvalue weighted by Gasteiger charge is -2.11. The van der Waals surface area contributed by atoms with Gasteiger partial charge in [0.05, 0.1) is 17.9 Å². The van der Waals surface area contributed by atoms with Gasteiger partial charge >= 0.3 is 0 Å². The topological polar surface area (TPSA) is 43.8 Å². The molecule has 0 spiro atoms. The lowest BCUT2D eigenvalue weighted by Crippen LogP contribution is -2.13. The molecule has 0 saturated carbocycles. The van der Waals surface area contributed by atoms with Crippen LogP contribution in [0.1, 0.15) is 17.2 Å². The van der Waals surface area contributed by atoms with Crippen LogP contribution in [0.15, 0.2) is 65.4 Å². The minimum Gasteiger partial charge on any atom is -0.320 e. The summed E-state index contributed by atoms with van der Waals surface area (Å²) in [5, 5.41) is 4.29.